The lowest BCUT2D eigenvalue weighted by atomic mass is 10.1. The van der Waals surface area contributed by atoms with Gasteiger partial charge in [0.05, 0.1) is 0 Å². The Hall–Kier alpha value is -2.14. The first-order valence-electron chi connectivity index (χ1n) is 7.82. The van der Waals surface area contributed by atoms with E-state index in [1.54, 1.807) is 24.3 Å². The summed E-state index contributed by atoms with van der Waals surface area (Å²) in [6.07, 6.45) is 4.54. The number of primary amides is 1. The van der Waals surface area contributed by atoms with E-state index < -0.39 is 18.0 Å². The maximum atomic E-state index is 12.4. The van der Waals surface area contributed by atoms with Crippen molar-refractivity contribution < 1.29 is 14.3 Å². The van der Waals surface area contributed by atoms with E-state index in [-0.39, 0.29) is 0 Å². The molecule has 1 atom stereocenters. The summed E-state index contributed by atoms with van der Waals surface area (Å²) in [6.45, 7) is 0. The van der Waals surface area contributed by atoms with Crippen LogP contribution in [0, 0.1) is 0 Å². The number of nitrogens with two attached hydrogens (primary N) is 1. The number of ether oxygens (including phenoxy) is 1. The van der Waals surface area contributed by atoms with Crippen LogP contribution < -0.4 is 5.73 Å². The summed E-state index contributed by atoms with van der Waals surface area (Å²) in [7, 11) is 0. The molecule has 2 N–H and O–H groups in total. The van der Waals surface area contributed by atoms with Crippen molar-refractivity contribution in [2.24, 2.45) is 5.73 Å². The molecular formula is C18H19NO3S. The molecule has 0 radical (unpaired) electrons. The lowest BCUT2D eigenvalue weighted by molar-refractivity contribution is -0.127. The molecule has 1 aromatic carbocycles. The van der Waals surface area contributed by atoms with Crippen molar-refractivity contribution >= 4 is 23.2 Å². The molecule has 1 amide bonds. The molecule has 1 unspecified atom stereocenters. The van der Waals surface area contributed by atoms with Gasteiger partial charge in [0.15, 0.2) is 0 Å². The number of thiophene rings is 1. The summed E-state index contributed by atoms with van der Waals surface area (Å²) >= 11 is 1.48. The third kappa shape index (κ3) is 3.62. The van der Waals surface area contributed by atoms with Gasteiger partial charge in [0.25, 0.3) is 5.91 Å². The maximum Gasteiger partial charge on any atom is 0.349 e. The molecule has 1 heterocycles. The van der Waals surface area contributed by atoms with E-state index in [0.29, 0.717) is 10.4 Å². The van der Waals surface area contributed by atoms with E-state index in [0.717, 1.165) is 25.7 Å². The van der Waals surface area contributed by atoms with Gasteiger partial charge < -0.3 is 10.5 Å². The molecule has 4 nitrogen and oxygen atoms in total. The number of carbonyl (C=O) groups is 2. The fraction of sp³-hybridized carbons (Fsp3) is 0.333. The van der Waals surface area contributed by atoms with Crippen LogP contribution in [-0.4, -0.2) is 11.9 Å². The third-order valence-corrected chi connectivity index (χ3v) is 5.25. The van der Waals surface area contributed by atoms with Crippen molar-refractivity contribution in [3.05, 3.63) is 57.3 Å². The fourth-order valence-corrected chi connectivity index (χ4v) is 3.99. The van der Waals surface area contributed by atoms with E-state index in [1.165, 1.54) is 28.2 Å². The van der Waals surface area contributed by atoms with Gasteiger partial charge >= 0.3 is 5.97 Å². The van der Waals surface area contributed by atoms with Crippen LogP contribution in [0.25, 0.3) is 0 Å². The standard InChI is InChI=1S/C18H19NO3S/c19-17(20)16(12-7-3-1-4-8-12)22-18(21)15-11-13-9-5-2-6-10-14(13)23-15/h1,3-4,7-8,11,16H,2,5-6,9-10H2,(H2,19,20). The van der Waals surface area contributed by atoms with E-state index >= 15 is 0 Å². The van der Waals surface area contributed by atoms with Crippen LogP contribution in [0.5, 0.6) is 0 Å². The molecule has 0 saturated carbocycles. The predicted molar refractivity (Wildman–Crippen MR) is 89.4 cm³/mol. The highest BCUT2D eigenvalue weighted by Gasteiger charge is 2.25. The Balaban J connectivity index is 1.78. The minimum atomic E-state index is -1.05. The number of fused-ring (bicyclic) bond motifs is 1. The van der Waals surface area contributed by atoms with E-state index in [1.807, 2.05) is 12.1 Å². The Kier molecular flexibility index (Phi) is 4.76. The monoisotopic (exact) mass is 329 g/mol. The van der Waals surface area contributed by atoms with Gasteiger partial charge in [-0.1, -0.05) is 36.8 Å². The van der Waals surface area contributed by atoms with Crippen molar-refractivity contribution in [2.75, 3.05) is 0 Å². The Bertz CT molecular complexity index is 685. The Morgan fingerprint density at radius 3 is 2.57 bits per heavy atom. The van der Waals surface area contributed by atoms with Crippen LogP contribution in [0.1, 0.15) is 51.0 Å². The molecule has 0 bridgehead atoms. The number of benzene rings is 1. The summed E-state index contributed by atoms with van der Waals surface area (Å²) in [5, 5.41) is 0. The number of carbonyl (C=O) groups excluding carboxylic acids is 2. The van der Waals surface area contributed by atoms with E-state index in [9.17, 15) is 9.59 Å². The van der Waals surface area contributed by atoms with Gasteiger partial charge in [0.1, 0.15) is 4.88 Å². The SMILES string of the molecule is NC(=O)C(OC(=O)c1cc2c(s1)CCCCC2)c1ccccc1. The molecule has 3 rings (SSSR count). The summed E-state index contributed by atoms with van der Waals surface area (Å²) in [5.41, 5.74) is 7.23. The molecule has 1 aromatic heterocycles. The molecule has 0 saturated heterocycles. The molecule has 1 aliphatic rings. The average Bonchev–Trinajstić information content (AvgIpc) is 2.84. The van der Waals surface area contributed by atoms with Gasteiger partial charge in [0, 0.05) is 10.4 Å². The highest BCUT2D eigenvalue weighted by atomic mass is 32.1. The first-order valence-corrected chi connectivity index (χ1v) is 8.63. The lowest BCUT2D eigenvalue weighted by Gasteiger charge is -2.14. The minimum Gasteiger partial charge on any atom is -0.443 e. The Labute approximate surface area is 139 Å². The van der Waals surface area contributed by atoms with E-state index in [4.69, 9.17) is 10.5 Å². The van der Waals surface area contributed by atoms with Gasteiger partial charge in [0.2, 0.25) is 6.10 Å². The van der Waals surface area contributed by atoms with Crippen molar-refractivity contribution in [2.45, 2.75) is 38.2 Å². The molecule has 0 fully saturated rings. The van der Waals surface area contributed by atoms with Crippen molar-refractivity contribution in [1.29, 1.82) is 0 Å². The van der Waals surface area contributed by atoms with Crippen molar-refractivity contribution in [1.82, 2.24) is 0 Å². The number of aryl methyl sites for hydroxylation is 2. The van der Waals surface area contributed by atoms with Crippen molar-refractivity contribution in [3.8, 4) is 0 Å². The minimum absolute atomic E-state index is 0.476. The molecule has 0 aliphatic heterocycles. The first-order chi connectivity index (χ1) is 11.1. The second-order valence-corrected chi connectivity index (χ2v) is 6.85. The highest BCUT2D eigenvalue weighted by molar-refractivity contribution is 7.14. The molecular weight excluding hydrogens is 310 g/mol. The van der Waals surface area contributed by atoms with Crippen molar-refractivity contribution in [3.63, 3.8) is 0 Å². The highest BCUT2D eigenvalue weighted by Crippen LogP contribution is 2.30. The Morgan fingerprint density at radius 2 is 1.83 bits per heavy atom. The Morgan fingerprint density at radius 1 is 1.09 bits per heavy atom. The second-order valence-electron chi connectivity index (χ2n) is 5.72. The van der Waals surface area contributed by atoms with E-state index in [2.05, 4.69) is 0 Å². The van der Waals surface area contributed by atoms with Crippen LogP contribution >= 0.6 is 11.3 Å². The number of hydrogen-bond donors (Lipinski definition) is 1. The fourth-order valence-electron chi connectivity index (χ4n) is 2.85. The largest absolute Gasteiger partial charge is 0.443 e. The second kappa shape index (κ2) is 6.96. The van der Waals surface area contributed by atoms with Crippen LogP contribution in [-0.2, 0) is 22.4 Å². The average molecular weight is 329 g/mol. The molecule has 1 aliphatic carbocycles. The van der Waals surface area contributed by atoms with Gasteiger partial charge in [-0.25, -0.2) is 4.79 Å². The normalized spacial score (nSPS) is 15.3. The summed E-state index contributed by atoms with van der Waals surface area (Å²) in [5.74, 6) is -1.14. The molecule has 2 aromatic rings. The topological polar surface area (TPSA) is 69.4 Å². The summed E-state index contributed by atoms with van der Waals surface area (Å²) < 4.78 is 5.39. The zero-order valence-corrected chi connectivity index (χ0v) is 13.6. The van der Waals surface area contributed by atoms with Gasteiger partial charge in [-0.3, -0.25) is 4.79 Å². The maximum absolute atomic E-state index is 12.4. The number of rotatable bonds is 4. The predicted octanol–water partition coefficient (Wildman–Crippen LogP) is 3.40. The molecule has 0 spiro atoms. The number of amides is 1. The van der Waals surface area contributed by atoms with Crippen LogP contribution in [0.4, 0.5) is 0 Å². The van der Waals surface area contributed by atoms with Gasteiger partial charge in [-0.2, -0.15) is 0 Å². The quantitative estimate of drug-likeness (QED) is 0.690. The smallest absolute Gasteiger partial charge is 0.349 e. The molecule has 5 heteroatoms. The van der Waals surface area contributed by atoms with Gasteiger partial charge in [-0.15, -0.1) is 11.3 Å². The van der Waals surface area contributed by atoms with Crippen LogP contribution in [0.3, 0.4) is 0 Å². The number of esters is 1. The van der Waals surface area contributed by atoms with Crippen LogP contribution in [0.15, 0.2) is 36.4 Å². The number of hydrogen-bond acceptors (Lipinski definition) is 4. The summed E-state index contributed by atoms with van der Waals surface area (Å²) in [4.78, 5) is 25.9. The zero-order valence-electron chi connectivity index (χ0n) is 12.8. The van der Waals surface area contributed by atoms with Gasteiger partial charge in [-0.05, 0) is 37.3 Å². The molecule has 23 heavy (non-hydrogen) atoms. The summed E-state index contributed by atoms with van der Waals surface area (Å²) in [6, 6.07) is 10.8. The van der Waals surface area contributed by atoms with Crippen LogP contribution in [0.2, 0.25) is 0 Å². The first kappa shape index (κ1) is 15.7. The third-order valence-electron chi connectivity index (χ3n) is 4.03. The lowest BCUT2D eigenvalue weighted by Crippen LogP contribution is -2.26. The zero-order chi connectivity index (χ0) is 16.2. The molecule has 120 valence electrons.